The number of piperazine rings is 1. The first kappa shape index (κ1) is 22.4. The minimum absolute atomic E-state index is 0.150. The molecule has 2 amide bonds. The molecule has 0 saturated carbocycles. The third-order valence-electron chi connectivity index (χ3n) is 5.94. The van der Waals surface area contributed by atoms with E-state index in [-0.39, 0.29) is 5.91 Å². The summed E-state index contributed by atoms with van der Waals surface area (Å²) in [4.78, 5) is 28.4. The normalized spacial score (nSPS) is 17.1. The molecule has 32 heavy (non-hydrogen) atoms. The van der Waals surface area contributed by atoms with Crippen LogP contribution in [-0.2, 0) is 9.59 Å². The molecule has 4 rings (SSSR count). The van der Waals surface area contributed by atoms with Crippen molar-refractivity contribution in [3.05, 3.63) is 60.2 Å². The molecular weight excluding hydrogens is 424 g/mol. The van der Waals surface area contributed by atoms with Crippen molar-refractivity contribution in [3.8, 4) is 11.1 Å². The molecule has 0 unspecified atom stereocenters. The van der Waals surface area contributed by atoms with Crippen molar-refractivity contribution in [3.63, 3.8) is 0 Å². The molecule has 7 nitrogen and oxygen atoms in total. The van der Waals surface area contributed by atoms with Crippen molar-refractivity contribution >= 4 is 29.4 Å². The number of nitrogens with zero attached hydrogens (tertiary/aromatic N) is 3. The van der Waals surface area contributed by atoms with E-state index < -0.39 is 5.91 Å². The van der Waals surface area contributed by atoms with Gasteiger partial charge in [0.1, 0.15) is 0 Å². The van der Waals surface area contributed by atoms with Crippen LogP contribution >= 0.6 is 11.9 Å². The van der Waals surface area contributed by atoms with Crippen LogP contribution in [0.2, 0.25) is 0 Å². The Balaban J connectivity index is 1.33. The van der Waals surface area contributed by atoms with Crippen LogP contribution in [0, 0.1) is 0 Å². The Bertz CT molecular complexity index is 983. The standard InChI is InChI=1S/C24H28N4O3S/c1-18(29)26-14-16-27(17-15-26)22-6-2-19(3-7-22)20-4-8-23(9-5-20)32-28-12-10-21(11-13-28)24(30)25-31/h2-10,31H,11-17H2,1H3,(H,25,30). The van der Waals surface area contributed by atoms with Gasteiger partial charge in [0.2, 0.25) is 5.91 Å². The number of carbonyl (C=O) groups excluding carboxylic acids is 2. The second-order valence-electron chi connectivity index (χ2n) is 7.96. The number of hydrogen-bond donors (Lipinski definition) is 2. The first-order valence-electron chi connectivity index (χ1n) is 10.8. The molecule has 1 saturated heterocycles. The molecule has 168 valence electrons. The summed E-state index contributed by atoms with van der Waals surface area (Å²) in [6.45, 7) is 6.33. The second kappa shape index (κ2) is 10.2. The van der Waals surface area contributed by atoms with Gasteiger partial charge in [-0.1, -0.05) is 30.3 Å². The molecule has 0 aromatic heterocycles. The van der Waals surface area contributed by atoms with Gasteiger partial charge < -0.3 is 9.80 Å². The van der Waals surface area contributed by atoms with E-state index in [9.17, 15) is 9.59 Å². The van der Waals surface area contributed by atoms with Crippen molar-refractivity contribution in [1.29, 1.82) is 0 Å². The summed E-state index contributed by atoms with van der Waals surface area (Å²) >= 11 is 1.67. The lowest BCUT2D eigenvalue weighted by Gasteiger charge is -2.35. The summed E-state index contributed by atoms with van der Waals surface area (Å²) in [6, 6.07) is 17.1. The fourth-order valence-electron chi connectivity index (χ4n) is 4.01. The van der Waals surface area contributed by atoms with E-state index in [1.165, 1.54) is 16.8 Å². The molecule has 1 fully saturated rings. The van der Waals surface area contributed by atoms with Gasteiger partial charge in [0, 0.05) is 62.3 Å². The molecule has 2 aromatic rings. The van der Waals surface area contributed by atoms with Crippen molar-refractivity contribution in [2.24, 2.45) is 0 Å². The predicted octanol–water partition coefficient (Wildman–Crippen LogP) is 3.17. The highest BCUT2D eigenvalue weighted by atomic mass is 32.2. The quantitative estimate of drug-likeness (QED) is 0.412. The molecule has 2 N–H and O–H groups in total. The Morgan fingerprint density at radius 2 is 1.53 bits per heavy atom. The van der Waals surface area contributed by atoms with Crippen LogP contribution in [0.4, 0.5) is 5.69 Å². The number of hydrogen-bond acceptors (Lipinski definition) is 6. The zero-order chi connectivity index (χ0) is 22.5. The summed E-state index contributed by atoms with van der Waals surface area (Å²) < 4.78 is 2.20. The van der Waals surface area contributed by atoms with Gasteiger partial charge in [-0.2, -0.15) is 0 Å². The third-order valence-corrected chi connectivity index (χ3v) is 7.02. The first-order valence-corrected chi connectivity index (χ1v) is 11.6. The Hall–Kier alpha value is -2.81. The van der Waals surface area contributed by atoms with Gasteiger partial charge in [0.25, 0.3) is 5.91 Å². The van der Waals surface area contributed by atoms with Crippen LogP contribution in [-0.4, -0.2) is 65.5 Å². The van der Waals surface area contributed by atoms with Crippen molar-refractivity contribution in [2.75, 3.05) is 44.2 Å². The third kappa shape index (κ3) is 5.32. The van der Waals surface area contributed by atoms with E-state index in [1.807, 2.05) is 11.0 Å². The van der Waals surface area contributed by atoms with Crippen LogP contribution in [0.5, 0.6) is 0 Å². The minimum atomic E-state index is -0.414. The lowest BCUT2D eigenvalue weighted by Crippen LogP contribution is -2.48. The topological polar surface area (TPSA) is 76.1 Å². The Morgan fingerprint density at radius 1 is 0.906 bits per heavy atom. The lowest BCUT2D eigenvalue weighted by molar-refractivity contribution is -0.129. The highest BCUT2D eigenvalue weighted by molar-refractivity contribution is 7.97. The highest BCUT2D eigenvalue weighted by Gasteiger charge is 2.19. The minimum Gasteiger partial charge on any atom is -0.368 e. The fraction of sp³-hybridized carbons (Fsp3) is 0.333. The SMILES string of the molecule is CC(=O)N1CCN(c2ccc(-c3ccc(SN4CC=C(C(=O)NO)CC4)cc3)cc2)CC1. The number of carbonyl (C=O) groups is 2. The van der Waals surface area contributed by atoms with E-state index >= 15 is 0 Å². The Kier molecular flexibility index (Phi) is 7.14. The average Bonchev–Trinajstić information content (AvgIpc) is 2.85. The van der Waals surface area contributed by atoms with Gasteiger partial charge in [0.05, 0.1) is 0 Å². The molecule has 0 aliphatic carbocycles. The monoisotopic (exact) mass is 452 g/mol. The predicted molar refractivity (Wildman–Crippen MR) is 126 cm³/mol. The summed E-state index contributed by atoms with van der Waals surface area (Å²) in [7, 11) is 0. The van der Waals surface area contributed by atoms with E-state index in [1.54, 1.807) is 24.4 Å². The molecule has 2 heterocycles. The summed E-state index contributed by atoms with van der Waals surface area (Å²) in [5.41, 5.74) is 5.86. The average molecular weight is 453 g/mol. The fourth-order valence-corrected chi connectivity index (χ4v) is 4.90. The number of rotatable bonds is 5. The number of amides is 2. The number of nitrogens with one attached hydrogen (secondary N) is 1. The van der Waals surface area contributed by atoms with Crippen molar-refractivity contribution in [1.82, 2.24) is 14.7 Å². The lowest BCUT2D eigenvalue weighted by atomic mass is 10.1. The van der Waals surface area contributed by atoms with Crippen LogP contribution in [0.1, 0.15) is 13.3 Å². The molecular formula is C24H28N4O3S. The van der Waals surface area contributed by atoms with Crippen LogP contribution in [0.15, 0.2) is 65.1 Å². The number of anilines is 1. The Morgan fingerprint density at radius 3 is 2.06 bits per heavy atom. The maximum Gasteiger partial charge on any atom is 0.270 e. The van der Waals surface area contributed by atoms with Crippen LogP contribution in [0.25, 0.3) is 11.1 Å². The van der Waals surface area contributed by atoms with Gasteiger partial charge in [-0.25, -0.2) is 9.79 Å². The smallest absolute Gasteiger partial charge is 0.270 e. The largest absolute Gasteiger partial charge is 0.368 e. The summed E-state index contributed by atoms with van der Waals surface area (Å²) in [5, 5.41) is 8.74. The van der Waals surface area contributed by atoms with Gasteiger partial charge in [-0.15, -0.1) is 0 Å². The molecule has 2 aliphatic rings. The van der Waals surface area contributed by atoms with Gasteiger partial charge in [0.15, 0.2) is 0 Å². The number of hydroxylamine groups is 1. The number of benzene rings is 2. The molecule has 0 bridgehead atoms. The van der Waals surface area contributed by atoms with Gasteiger partial charge in [-0.3, -0.25) is 14.8 Å². The summed E-state index contributed by atoms with van der Waals surface area (Å²) in [6.07, 6.45) is 2.48. The van der Waals surface area contributed by atoms with Crippen LogP contribution < -0.4 is 10.4 Å². The summed E-state index contributed by atoms with van der Waals surface area (Å²) in [5.74, 6) is -0.263. The molecule has 0 radical (unpaired) electrons. The first-order chi connectivity index (χ1) is 15.5. The van der Waals surface area contributed by atoms with Gasteiger partial charge >= 0.3 is 0 Å². The second-order valence-corrected chi connectivity index (χ2v) is 9.13. The zero-order valence-corrected chi connectivity index (χ0v) is 19.0. The van der Waals surface area contributed by atoms with Crippen LogP contribution in [0.3, 0.4) is 0 Å². The molecule has 0 spiro atoms. The highest BCUT2D eigenvalue weighted by Crippen LogP contribution is 2.29. The molecule has 8 heteroatoms. The molecule has 0 atom stereocenters. The maximum absolute atomic E-state index is 11.5. The van der Waals surface area contributed by atoms with Gasteiger partial charge in [-0.05, 0) is 53.8 Å². The zero-order valence-electron chi connectivity index (χ0n) is 18.2. The van der Waals surface area contributed by atoms with E-state index in [4.69, 9.17) is 5.21 Å². The van der Waals surface area contributed by atoms with Crippen molar-refractivity contribution < 1.29 is 14.8 Å². The molecule has 2 aromatic carbocycles. The van der Waals surface area contributed by atoms with E-state index in [0.29, 0.717) is 18.5 Å². The maximum atomic E-state index is 11.5. The molecule has 2 aliphatic heterocycles. The van der Waals surface area contributed by atoms with E-state index in [0.717, 1.165) is 37.6 Å². The van der Waals surface area contributed by atoms with Crippen molar-refractivity contribution in [2.45, 2.75) is 18.2 Å². The van der Waals surface area contributed by atoms with E-state index in [2.05, 4.69) is 57.7 Å². The Labute approximate surface area is 192 Å².